The van der Waals surface area contributed by atoms with E-state index in [9.17, 15) is 4.79 Å². The largest absolute Gasteiger partial charge is 0.353 e. The number of fused-ring (bicyclic) bond motifs is 1. The first-order valence-corrected chi connectivity index (χ1v) is 11.7. The molecule has 0 saturated carbocycles. The minimum atomic E-state index is -0.181. The Morgan fingerprint density at radius 3 is 2.52 bits per heavy atom. The molecular formula is C24H32ClN5O. The number of halogens is 1. The zero-order valence-corrected chi connectivity index (χ0v) is 19.5. The maximum absolute atomic E-state index is 13.5. The third-order valence-electron chi connectivity index (χ3n) is 6.52. The van der Waals surface area contributed by atoms with E-state index in [0.29, 0.717) is 11.6 Å². The Hall–Kier alpha value is -2.18. The van der Waals surface area contributed by atoms with Crippen LogP contribution in [-0.2, 0) is 17.6 Å². The first-order chi connectivity index (χ1) is 15.0. The average molecular weight is 442 g/mol. The van der Waals surface area contributed by atoms with Gasteiger partial charge in [-0.1, -0.05) is 30.7 Å². The molecule has 7 heteroatoms. The van der Waals surface area contributed by atoms with E-state index >= 15 is 0 Å². The zero-order valence-electron chi connectivity index (χ0n) is 18.8. The highest BCUT2D eigenvalue weighted by atomic mass is 35.5. The number of likely N-dealkylation sites (N-methyl/N-ethyl adjacent to an activating group) is 1. The third kappa shape index (κ3) is 4.85. The van der Waals surface area contributed by atoms with Gasteiger partial charge in [0.2, 0.25) is 5.91 Å². The van der Waals surface area contributed by atoms with Gasteiger partial charge in [-0.25, -0.2) is 9.97 Å². The summed E-state index contributed by atoms with van der Waals surface area (Å²) in [6.45, 7) is 8.76. The molecule has 2 aliphatic rings. The topological polar surface area (TPSA) is 52.6 Å². The van der Waals surface area contributed by atoms with Gasteiger partial charge in [0.15, 0.2) is 0 Å². The molecule has 1 aliphatic carbocycles. The molecule has 1 unspecified atom stereocenters. The van der Waals surface area contributed by atoms with E-state index in [1.165, 1.54) is 11.3 Å². The molecule has 1 saturated heterocycles. The summed E-state index contributed by atoms with van der Waals surface area (Å²) in [6.07, 6.45) is 3.27. The fraction of sp³-hybridized carbons (Fsp3) is 0.542. The number of nitrogens with zero attached hydrogens (tertiary/aromatic N) is 5. The predicted octanol–water partition coefficient (Wildman–Crippen LogP) is 3.31. The second-order valence-electron chi connectivity index (χ2n) is 8.64. The monoisotopic (exact) mass is 441 g/mol. The van der Waals surface area contributed by atoms with Crippen LogP contribution >= 0.6 is 11.6 Å². The van der Waals surface area contributed by atoms with E-state index in [1.807, 2.05) is 36.1 Å². The van der Waals surface area contributed by atoms with E-state index in [0.717, 1.165) is 69.2 Å². The van der Waals surface area contributed by atoms with Crippen molar-refractivity contribution in [1.29, 1.82) is 0 Å². The summed E-state index contributed by atoms with van der Waals surface area (Å²) >= 11 is 6.08. The van der Waals surface area contributed by atoms with Gasteiger partial charge in [-0.15, -0.1) is 0 Å². The molecule has 1 aliphatic heterocycles. The van der Waals surface area contributed by atoms with E-state index in [-0.39, 0.29) is 11.8 Å². The number of hydrogen-bond donors (Lipinski definition) is 0. The van der Waals surface area contributed by atoms with Gasteiger partial charge in [0.05, 0.1) is 5.92 Å². The number of amides is 1. The van der Waals surface area contributed by atoms with Crippen molar-refractivity contribution in [3.8, 4) is 0 Å². The number of aromatic nitrogens is 2. The van der Waals surface area contributed by atoms with Crippen LogP contribution in [0.15, 0.2) is 24.3 Å². The lowest BCUT2D eigenvalue weighted by atomic mass is 9.96. The SMILES string of the molecule is CCN(C)CC(C(=O)N1CCN(c2nc(C)nc3c2CCC3)CC1)c1ccc(Cl)cc1. The maximum atomic E-state index is 13.5. The van der Waals surface area contributed by atoms with Crippen molar-refractivity contribution in [1.82, 2.24) is 19.8 Å². The Bertz CT molecular complexity index is 924. The third-order valence-corrected chi connectivity index (χ3v) is 6.77. The summed E-state index contributed by atoms with van der Waals surface area (Å²) in [5, 5.41) is 0.695. The second-order valence-corrected chi connectivity index (χ2v) is 9.08. The molecule has 0 spiro atoms. The van der Waals surface area contributed by atoms with Gasteiger partial charge in [-0.3, -0.25) is 4.79 Å². The number of hydrogen-bond acceptors (Lipinski definition) is 5. The first-order valence-electron chi connectivity index (χ1n) is 11.3. The van der Waals surface area contributed by atoms with Gasteiger partial charge in [0, 0.05) is 49.0 Å². The highest BCUT2D eigenvalue weighted by Crippen LogP contribution is 2.30. The Kier molecular flexibility index (Phi) is 6.77. The van der Waals surface area contributed by atoms with Crippen LogP contribution in [0.4, 0.5) is 5.82 Å². The molecule has 0 N–H and O–H groups in total. The molecule has 1 atom stereocenters. The van der Waals surface area contributed by atoms with E-state index < -0.39 is 0 Å². The van der Waals surface area contributed by atoms with Crippen molar-refractivity contribution in [2.24, 2.45) is 0 Å². The molecule has 6 nitrogen and oxygen atoms in total. The van der Waals surface area contributed by atoms with Crippen LogP contribution in [0.2, 0.25) is 5.02 Å². The summed E-state index contributed by atoms with van der Waals surface area (Å²) in [5.74, 6) is 1.96. The Morgan fingerprint density at radius 2 is 1.84 bits per heavy atom. The molecule has 2 aromatic rings. The van der Waals surface area contributed by atoms with Gasteiger partial charge < -0.3 is 14.7 Å². The number of piperazine rings is 1. The molecule has 2 heterocycles. The van der Waals surface area contributed by atoms with Crippen LogP contribution in [-0.4, -0.2) is 72.0 Å². The summed E-state index contributed by atoms with van der Waals surface area (Å²) in [5.41, 5.74) is 3.56. The summed E-state index contributed by atoms with van der Waals surface area (Å²) in [7, 11) is 2.06. The summed E-state index contributed by atoms with van der Waals surface area (Å²) in [4.78, 5) is 29.5. The van der Waals surface area contributed by atoms with Gasteiger partial charge in [0.25, 0.3) is 0 Å². The smallest absolute Gasteiger partial charge is 0.231 e. The number of aryl methyl sites for hydroxylation is 2. The van der Waals surface area contributed by atoms with E-state index in [2.05, 4.69) is 28.8 Å². The number of benzene rings is 1. The maximum Gasteiger partial charge on any atom is 0.231 e. The minimum Gasteiger partial charge on any atom is -0.353 e. The minimum absolute atomic E-state index is 0.181. The molecule has 31 heavy (non-hydrogen) atoms. The number of carbonyl (C=O) groups is 1. The van der Waals surface area contributed by atoms with Crippen LogP contribution in [0.1, 0.15) is 41.9 Å². The van der Waals surface area contributed by atoms with Gasteiger partial charge in [0.1, 0.15) is 11.6 Å². The number of anilines is 1. The Morgan fingerprint density at radius 1 is 1.13 bits per heavy atom. The van der Waals surface area contributed by atoms with Crippen molar-refractivity contribution in [3.05, 3.63) is 51.9 Å². The van der Waals surface area contributed by atoms with Crippen molar-refractivity contribution in [2.45, 2.75) is 39.0 Å². The second kappa shape index (κ2) is 9.53. The van der Waals surface area contributed by atoms with Gasteiger partial charge in [-0.05, 0) is 57.5 Å². The summed E-state index contributed by atoms with van der Waals surface area (Å²) in [6, 6.07) is 7.72. The first kappa shape index (κ1) is 22.0. The zero-order chi connectivity index (χ0) is 22.0. The summed E-state index contributed by atoms with van der Waals surface area (Å²) < 4.78 is 0. The molecule has 0 radical (unpaired) electrons. The molecule has 1 amide bonds. The lowest BCUT2D eigenvalue weighted by Gasteiger charge is -2.38. The van der Waals surface area contributed by atoms with Crippen LogP contribution in [0.3, 0.4) is 0 Å². The van der Waals surface area contributed by atoms with Gasteiger partial charge >= 0.3 is 0 Å². The fourth-order valence-electron chi connectivity index (χ4n) is 4.62. The van der Waals surface area contributed by atoms with Crippen molar-refractivity contribution in [3.63, 3.8) is 0 Å². The molecule has 4 rings (SSSR count). The highest BCUT2D eigenvalue weighted by Gasteiger charge is 2.31. The van der Waals surface area contributed by atoms with Gasteiger partial charge in [-0.2, -0.15) is 0 Å². The average Bonchev–Trinajstić information content (AvgIpc) is 3.25. The van der Waals surface area contributed by atoms with Crippen LogP contribution in [0.25, 0.3) is 0 Å². The molecule has 1 aromatic carbocycles. The number of rotatable bonds is 6. The molecule has 166 valence electrons. The standard InChI is InChI=1S/C24H32ClN5O/c1-4-28(3)16-21(18-8-10-19(25)11-9-18)24(31)30-14-12-29(13-15-30)23-20-6-5-7-22(20)26-17(2)27-23/h8-11,21H,4-7,12-16H2,1-3H3. The Balaban J connectivity index is 1.48. The molecular weight excluding hydrogens is 410 g/mol. The van der Waals surface area contributed by atoms with Crippen molar-refractivity contribution >= 4 is 23.3 Å². The van der Waals surface area contributed by atoms with Crippen LogP contribution < -0.4 is 4.90 Å². The quantitative estimate of drug-likeness (QED) is 0.688. The molecule has 1 aromatic heterocycles. The molecule has 0 bridgehead atoms. The Labute approximate surface area is 190 Å². The highest BCUT2D eigenvalue weighted by molar-refractivity contribution is 6.30. The number of carbonyl (C=O) groups excluding carboxylic acids is 1. The van der Waals surface area contributed by atoms with E-state index in [1.54, 1.807) is 0 Å². The van der Waals surface area contributed by atoms with Crippen LogP contribution in [0.5, 0.6) is 0 Å². The lowest BCUT2D eigenvalue weighted by Crippen LogP contribution is -2.51. The predicted molar refractivity (Wildman–Crippen MR) is 125 cm³/mol. The van der Waals surface area contributed by atoms with E-state index in [4.69, 9.17) is 16.6 Å². The lowest BCUT2D eigenvalue weighted by molar-refractivity contribution is -0.133. The normalized spacial score (nSPS) is 17.2. The molecule has 1 fully saturated rings. The van der Waals surface area contributed by atoms with Crippen LogP contribution in [0, 0.1) is 6.92 Å². The van der Waals surface area contributed by atoms with Crippen molar-refractivity contribution < 1.29 is 4.79 Å². The fourth-order valence-corrected chi connectivity index (χ4v) is 4.74. The van der Waals surface area contributed by atoms with Crippen molar-refractivity contribution in [2.75, 3.05) is 51.2 Å².